The molecule has 2 rings (SSSR count). The molecule has 138 valence electrons. The van der Waals surface area contributed by atoms with Crippen LogP contribution in [0.1, 0.15) is 36.7 Å². The first kappa shape index (κ1) is 19.2. The van der Waals surface area contributed by atoms with Gasteiger partial charge in [-0.15, -0.1) is 0 Å². The SMILES string of the molecule is CCn1cccc(C(=O)N/N=C\c2ccc(OC)c(OC(C)C)c2)c1=O. The topological polar surface area (TPSA) is 81.9 Å². The van der Waals surface area contributed by atoms with Crippen molar-refractivity contribution < 1.29 is 14.3 Å². The van der Waals surface area contributed by atoms with Crippen LogP contribution in [-0.4, -0.2) is 29.9 Å². The van der Waals surface area contributed by atoms with Crippen LogP contribution in [0.5, 0.6) is 11.5 Å². The lowest BCUT2D eigenvalue weighted by Gasteiger charge is -2.13. The Labute approximate surface area is 152 Å². The lowest BCUT2D eigenvalue weighted by molar-refractivity contribution is 0.0953. The first-order valence-electron chi connectivity index (χ1n) is 8.33. The number of hydrogen-bond donors (Lipinski definition) is 1. The maximum Gasteiger partial charge on any atom is 0.276 e. The number of pyridine rings is 1. The molecule has 0 aliphatic rings. The van der Waals surface area contributed by atoms with Crippen molar-refractivity contribution in [2.75, 3.05) is 7.11 Å². The van der Waals surface area contributed by atoms with Crippen molar-refractivity contribution in [1.82, 2.24) is 9.99 Å². The smallest absolute Gasteiger partial charge is 0.276 e. The van der Waals surface area contributed by atoms with Crippen molar-refractivity contribution in [1.29, 1.82) is 0 Å². The molecule has 1 N–H and O–H groups in total. The number of rotatable bonds is 7. The molecule has 1 amide bonds. The summed E-state index contributed by atoms with van der Waals surface area (Å²) < 4.78 is 12.4. The van der Waals surface area contributed by atoms with Gasteiger partial charge in [-0.1, -0.05) is 0 Å². The van der Waals surface area contributed by atoms with Crippen molar-refractivity contribution in [2.24, 2.45) is 5.10 Å². The lowest BCUT2D eigenvalue weighted by atomic mass is 10.2. The second-order valence-corrected chi connectivity index (χ2v) is 5.79. The zero-order valence-corrected chi connectivity index (χ0v) is 15.4. The fourth-order valence-corrected chi connectivity index (χ4v) is 2.30. The molecule has 0 spiro atoms. The second kappa shape index (κ2) is 8.84. The number of nitrogens with one attached hydrogen (secondary N) is 1. The Bertz CT molecular complexity index is 856. The number of nitrogens with zero attached hydrogens (tertiary/aromatic N) is 2. The monoisotopic (exact) mass is 357 g/mol. The Hall–Kier alpha value is -3.09. The van der Waals surface area contributed by atoms with Gasteiger partial charge in [-0.05, 0) is 56.7 Å². The Morgan fingerprint density at radius 2 is 2.08 bits per heavy atom. The number of amides is 1. The summed E-state index contributed by atoms with van der Waals surface area (Å²) in [4.78, 5) is 24.3. The summed E-state index contributed by atoms with van der Waals surface area (Å²) >= 11 is 0. The highest BCUT2D eigenvalue weighted by molar-refractivity contribution is 5.94. The van der Waals surface area contributed by atoms with Crippen molar-refractivity contribution in [3.8, 4) is 11.5 Å². The van der Waals surface area contributed by atoms with Crippen LogP contribution in [0.15, 0.2) is 46.4 Å². The van der Waals surface area contributed by atoms with Gasteiger partial charge in [0.15, 0.2) is 11.5 Å². The van der Waals surface area contributed by atoms with Gasteiger partial charge in [-0.2, -0.15) is 5.10 Å². The van der Waals surface area contributed by atoms with Crippen LogP contribution in [0.2, 0.25) is 0 Å². The van der Waals surface area contributed by atoms with Crippen LogP contribution in [0.25, 0.3) is 0 Å². The Kier molecular flexibility index (Phi) is 6.54. The number of methoxy groups -OCH3 is 1. The standard InChI is InChI=1S/C19H23N3O4/c1-5-22-10-6-7-15(19(22)24)18(23)21-20-12-14-8-9-16(25-4)17(11-14)26-13(2)3/h6-13H,5H2,1-4H3,(H,21,23)/b20-12-. The molecule has 0 bridgehead atoms. The quantitative estimate of drug-likeness (QED) is 0.609. The minimum atomic E-state index is -0.554. The van der Waals surface area contributed by atoms with E-state index in [1.807, 2.05) is 20.8 Å². The molecular weight excluding hydrogens is 334 g/mol. The second-order valence-electron chi connectivity index (χ2n) is 5.79. The average molecular weight is 357 g/mol. The molecule has 2 aromatic rings. The van der Waals surface area contributed by atoms with Gasteiger partial charge in [-0.25, -0.2) is 5.43 Å². The molecule has 0 fully saturated rings. The van der Waals surface area contributed by atoms with E-state index >= 15 is 0 Å². The van der Waals surface area contributed by atoms with Gasteiger partial charge in [0.2, 0.25) is 0 Å². The zero-order valence-electron chi connectivity index (χ0n) is 15.4. The first-order chi connectivity index (χ1) is 12.5. The van der Waals surface area contributed by atoms with Crippen LogP contribution >= 0.6 is 0 Å². The number of benzene rings is 1. The van der Waals surface area contributed by atoms with Crippen LogP contribution in [-0.2, 0) is 6.54 Å². The van der Waals surface area contributed by atoms with Gasteiger partial charge in [0.1, 0.15) is 5.56 Å². The molecule has 1 heterocycles. The number of hydrazone groups is 1. The lowest BCUT2D eigenvalue weighted by Crippen LogP contribution is -2.30. The third-order valence-electron chi connectivity index (χ3n) is 3.54. The minimum absolute atomic E-state index is 0.00499. The number of carbonyl (C=O) groups excluding carboxylic acids is 1. The van der Waals surface area contributed by atoms with E-state index in [9.17, 15) is 9.59 Å². The van der Waals surface area contributed by atoms with E-state index in [0.717, 1.165) is 5.56 Å². The van der Waals surface area contributed by atoms with Gasteiger partial charge in [-0.3, -0.25) is 9.59 Å². The average Bonchev–Trinajstić information content (AvgIpc) is 2.61. The number of hydrogen-bond acceptors (Lipinski definition) is 5. The van der Waals surface area contributed by atoms with Crippen LogP contribution in [0.3, 0.4) is 0 Å². The molecule has 0 aliphatic carbocycles. The van der Waals surface area contributed by atoms with Crippen LogP contribution < -0.4 is 20.5 Å². The summed E-state index contributed by atoms with van der Waals surface area (Å²) in [5, 5.41) is 3.92. The molecule has 0 unspecified atom stereocenters. The first-order valence-corrected chi connectivity index (χ1v) is 8.33. The van der Waals surface area contributed by atoms with Crippen molar-refractivity contribution in [3.05, 3.63) is 58.0 Å². The molecule has 7 nitrogen and oxygen atoms in total. The summed E-state index contributed by atoms with van der Waals surface area (Å²) in [6.45, 7) is 6.17. The summed E-state index contributed by atoms with van der Waals surface area (Å²) in [7, 11) is 1.57. The number of aromatic nitrogens is 1. The van der Waals surface area contributed by atoms with E-state index in [2.05, 4.69) is 10.5 Å². The number of carbonyl (C=O) groups is 1. The highest BCUT2D eigenvalue weighted by atomic mass is 16.5. The summed E-state index contributed by atoms with van der Waals surface area (Å²) in [5.41, 5.74) is 2.80. The molecule has 0 aliphatic heterocycles. The molecule has 0 saturated carbocycles. The van der Waals surface area contributed by atoms with Gasteiger partial charge >= 0.3 is 0 Å². The van der Waals surface area contributed by atoms with Crippen molar-refractivity contribution in [3.63, 3.8) is 0 Å². The minimum Gasteiger partial charge on any atom is -0.493 e. The van der Waals surface area contributed by atoms with E-state index in [1.54, 1.807) is 37.6 Å². The number of aryl methyl sites for hydroxylation is 1. The van der Waals surface area contributed by atoms with Crippen molar-refractivity contribution >= 4 is 12.1 Å². The highest BCUT2D eigenvalue weighted by Crippen LogP contribution is 2.28. The highest BCUT2D eigenvalue weighted by Gasteiger charge is 2.11. The molecule has 26 heavy (non-hydrogen) atoms. The Balaban J connectivity index is 2.13. The molecule has 7 heteroatoms. The number of ether oxygens (including phenoxy) is 2. The molecular formula is C19H23N3O4. The Morgan fingerprint density at radius 3 is 2.73 bits per heavy atom. The maximum absolute atomic E-state index is 12.2. The molecule has 1 aromatic carbocycles. The van der Waals surface area contributed by atoms with Gasteiger partial charge in [0, 0.05) is 12.7 Å². The summed E-state index contributed by atoms with van der Waals surface area (Å²) in [6, 6.07) is 8.44. The van der Waals surface area contributed by atoms with Gasteiger partial charge < -0.3 is 14.0 Å². The molecule has 1 aromatic heterocycles. The summed E-state index contributed by atoms with van der Waals surface area (Å²) in [6.07, 6.45) is 3.11. The third-order valence-corrected chi connectivity index (χ3v) is 3.54. The van der Waals surface area contributed by atoms with Crippen molar-refractivity contribution in [2.45, 2.75) is 33.4 Å². The molecule has 0 radical (unpaired) electrons. The van der Waals surface area contributed by atoms with Gasteiger partial charge in [0.25, 0.3) is 11.5 Å². The van der Waals surface area contributed by atoms with E-state index in [0.29, 0.717) is 18.0 Å². The van der Waals surface area contributed by atoms with E-state index < -0.39 is 5.91 Å². The zero-order chi connectivity index (χ0) is 19.1. The Morgan fingerprint density at radius 1 is 1.31 bits per heavy atom. The molecule has 0 saturated heterocycles. The van der Waals surface area contributed by atoms with Crippen LogP contribution in [0.4, 0.5) is 0 Å². The molecule has 0 atom stereocenters. The third kappa shape index (κ3) is 4.72. The fraction of sp³-hybridized carbons (Fsp3) is 0.316. The maximum atomic E-state index is 12.2. The van der Waals surface area contributed by atoms with Gasteiger partial charge in [0.05, 0.1) is 19.4 Å². The normalized spacial score (nSPS) is 11.0. The van der Waals surface area contributed by atoms with E-state index in [1.165, 1.54) is 16.8 Å². The predicted molar refractivity (Wildman–Crippen MR) is 100 cm³/mol. The fourth-order valence-electron chi connectivity index (χ4n) is 2.30. The predicted octanol–water partition coefficient (Wildman–Crippen LogP) is 2.43. The largest absolute Gasteiger partial charge is 0.493 e. The summed E-state index contributed by atoms with van der Waals surface area (Å²) in [5.74, 6) is 0.650. The van der Waals surface area contributed by atoms with E-state index in [4.69, 9.17) is 9.47 Å². The van der Waals surface area contributed by atoms with Crippen LogP contribution in [0, 0.1) is 0 Å². The van der Waals surface area contributed by atoms with E-state index in [-0.39, 0.29) is 17.2 Å².